The molecule has 1 heterocycles. The number of nitrogens with zero attached hydrogens (tertiary/aromatic N) is 4. The van der Waals surface area contributed by atoms with E-state index < -0.39 is 10.0 Å². The lowest BCUT2D eigenvalue weighted by Gasteiger charge is -2.20. The predicted molar refractivity (Wildman–Crippen MR) is 116 cm³/mol. The maximum atomic E-state index is 13.0. The Morgan fingerprint density at radius 2 is 1.73 bits per heavy atom. The summed E-state index contributed by atoms with van der Waals surface area (Å²) in [5, 5.41) is 4.36. The van der Waals surface area contributed by atoms with E-state index in [9.17, 15) is 13.2 Å². The van der Waals surface area contributed by atoms with Crippen molar-refractivity contribution in [2.24, 2.45) is 0 Å². The molecule has 2 aromatic carbocycles. The lowest BCUT2D eigenvalue weighted by atomic mass is 10.1. The van der Waals surface area contributed by atoms with E-state index in [2.05, 4.69) is 5.10 Å². The lowest BCUT2D eigenvalue weighted by molar-refractivity contribution is 0.0784. The number of amides is 1. The van der Waals surface area contributed by atoms with Gasteiger partial charge in [0.2, 0.25) is 10.0 Å². The first kappa shape index (κ1) is 21.7. The van der Waals surface area contributed by atoms with E-state index >= 15 is 0 Å². The molecule has 3 rings (SSSR count). The fourth-order valence-electron chi connectivity index (χ4n) is 3.14. The quantitative estimate of drug-likeness (QED) is 0.607. The van der Waals surface area contributed by atoms with Crippen LogP contribution in [0.5, 0.6) is 0 Å². The van der Waals surface area contributed by atoms with Gasteiger partial charge < -0.3 is 4.90 Å². The fourth-order valence-corrected chi connectivity index (χ4v) is 4.36. The van der Waals surface area contributed by atoms with Crippen LogP contribution in [0, 0.1) is 13.8 Å². The van der Waals surface area contributed by atoms with Crippen molar-refractivity contribution in [3.63, 3.8) is 0 Å². The minimum Gasteiger partial charge on any atom is -0.337 e. The highest BCUT2D eigenvalue weighted by atomic mass is 32.2. The minimum atomic E-state index is -3.65. The zero-order valence-electron chi connectivity index (χ0n) is 17.8. The first-order chi connectivity index (χ1) is 14.1. The van der Waals surface area contributed by atoms with Gasteiger partial charge in [-0.2, -0.15) is 5.10 Å². The summed E-state index contributed by atoms with van der Waals surface area (Å²) in [6.07, 6.45) is 3.60. The van der Waals surface area contributed by atoms with Crippen molar-refractivity contribution >= 4 is 15.9 Å². The van der Waals surface area contributed by atoms with E-state index in [4.69, 9.17) is 0 Å². The molecule has 30 heavy (non-hydrogen) atoms. The standard InChI is InChI=1S/C22H26N4O3S/c1-16-11-19(12-21(17(16)2)30(28,29)24(3)4)22(27)25(5)14-18-13-23-26(15-18)20-9-7-6-8-10-20/h6-13,15H,14H2,1-5H3. The Morgan fingerprint density at radius 1 is 1.07 bits per heavy atom. The number of carbonyl (C=O) groups is 1. The average Bonchev–Trinajstić information content (AvgIpc) is 3.18. The van der Waals surface area contributed by atoms with Gasteiger partial charge in [-0.05, 0) is 49.2 Å². The van der Waals surface area contributed by atoms with Gasteiger partial charge in [0, 0.05) is 45.0 Å². The summed E-state index contributed by atoms with van der Waals surface area (Å²) in [5.41, 5.74) is 3.56. The molecule has 0 aliphatic heterocycles. The van der Waals surface area contributed by atoms with Crippen LogP contribution in [0.1, 0.15) is 27.0 Å². The van der Waals surface area contributed by atoms with Gasteiger partial charge in [0.05, 0.1) is 16.8 Å². The third-order valence-corrected chi connectivity index (χ3v) is 6.99. The topological polar surface area (TPSA) is 75.5 Å². The van der Waals surface area contributed by atoms with E-state index in [-0.39, 0.29) is 10.8 Å². The number of carbonyl (C=O) groups excluding carboxylic acids is 1. The lowest BCUT2D eigenvalue weighted by Crippen LogP contribution is -2.27. The molecule has 0 fully saturated rings. The van der Waals surface area contributed by atoms with Crippen LogP contribution in [-0.2, 0) is 16.6 Å². The van der Waals surface area contributed by atoms with E-state index in [1.54, 1.807) is 35.8 Å². The van der Waals surface area contributed by atoms with Crippen LogP contribution in [0.3, 0.4) is 0 Å². The molecule has 0 saturated carbocycles. The largest absolute Gasteiger partial charge is 0.337 e. The average molecular weight is 427 g/mol. The Labute approximate surface area is 177 Å². The van der Waals surface area contributed by atoms with Crippen molar-refractivity contribution in [2.75, 3.05) is 21.1 Å². The highest BCUT2D eigenvalue weighted by molar-refractivity contribution is 7.89. The first-order valence-corrected chi connectivity index (χ1v) is 10.9. The van der Waals surface area contributed by atoms with E-state index in [0.717, 1.165) is 21.1 Å². The van der Waals surface area contributed by atoms with Crippen LogP contribution in [0.2, 0.25) is 0 Å². The van der Waals surface area contributed by atoms with E-state index in [1.165, 1.54) is 20.2 Å². The van der Waals surface area contributed by atoms with Crippen LogP contribution in [-0.4, -0.2) is 54.5 Å². The molecule has 1 aromatic heterocycles. The molecule has 0 unspecified atom stereocenters. The monoisotopic (exact) mass is 426 g/mol. The first-order valence-electron chi connectivity index (χ1n) is 9.49. The van der Waals surface area contributed by atoms with Crippen molar-refractivity contribution in [1.29, 1.82) is 0 Å². The normalized spacial score (nSPS) is 11.7. The molecule has 158 valence electrons. The van der Waals surface area contributed by atoms with Crippen LogP contribution >= 0.6 is 0 Å². The summed E-state index contributed by atoms with van der Waals surface area (Å²) < 4.78 is 28.2. The molecule has 0 aliphatic rings. The second-order valence-electron chi connectivity index (χ2n) is 7.49. The molecule has 0 spiro atoms. The zero-order valence-corrected chi connectivity index (χ0v) is 18.6. The second-order valence-corrected chi connectivity index (χ2v) is 9.61. The van der Waals surface area contributed by atoms with Gasteiger partial charge in [-0.15, -0.1) is 0 Å². The molecule has 0 atom stereocenters. The van der Waals surface area contributed by atoms with Crippen molar-refractivity contribution in [1.82, 2.24) is 19.0 Å². The Hall–Kier alpha value is -2.97. The third-order valence-electron chi connectivity index (χ3n) is 5.05. The molecule has 3 aromatic rings. The van der Waals surface area contributed by atoms with Crippen molar-refractivity contribution in [3.05, 3.63) is 77.1 Å². The molecule has 1 amide bonds. The van der Waals surface area contributed by atoms with Crippen molar-refractivity contribution < 1.29 is 13.2 Å². The molecular formula is C22H26N4O3S. The number of benzene rings is 2. The molecule has 7 nitrogen and oxygen atoms in total. The van der Waals surface area contributed by atoms with Crippen molar-refractivity contribution in [2.45, 2.75) is 25.3 Å². The smallest absolute Gasteiger partial charge is 0.253 e. The summed E-state index contributed by atoms with van der Waals surface area (Å²) in [4.78, 5) is 14.7. The minimum absolute atomic E-state index is 0.154. The van der Waals surface area contributed by atoms with Gasteiger partial charge in [0.1, 0.15) is 0 Å². The SMILES string of the molecule is Cc1cc(C(=O)N(C)Cc2cnn(-c3ccccc3)c2)cc(S(=O)(=O)N(C)C)c1C. The zero-order chi connectivity index (χ0) is 22.1. The van der Waals surface area contributed by atoms with Gasteiger partial charge in [-0.3, -0.25) is 4.79 Å². The Balaban J connectivity index is 1.85. The fraction of sp³-hybridized carbons (Fsp3) is 0.273. The highest BCUT2D eigenvalue weighted by Crippen LogP contribution is 2.24. The van der Waals surface area contributed by atoms with Gasteiger partial charge in [-0.25, -0.2) is 17.4 Å². The molecule has 0 radical (unpaired) electrons. The number of aromatic nitrogens is 2. The molecular weight excluding hydrogens is 400 g/mol. The highest BCUT2D eigenvalue weighted by Gasteiger charge is 2.24. The number of hydrogen-bond donors (Lipinski definition) is 0. The van der Waals surface area contributed by atoms with Crippen LogP contribution < -0.4 is 0 Å². The Kier molecular flexibility index (Phi) is 6.09. The van der Waals surface area contributed by atoms with Gasteiger partial charge in [0.15, 0.2) is 0 Å². The van der Waals surface area contributed by atoms with Gasteiger partial charge in [0.25, 0.3) is 5.91 Å². The maximum absolute atomic E-state index is 13.0. The maximum Gasteiger partial charge on any atom is 0.253 e. The molecule has 0 saturated heterocycles. The predicted octanol–water partition coefficient (Wildman–Crippen LogP) is 3.01. The molecule has 0 N–H and O–H groups in total. The Morgan fingerprint density at radius 3 is 2.37 bits per heavy atom. The number of aryl methyl sites for hydroxylation is 1. The molecule has 8 heteroatoms. The van der Waals surface area contributed by atoms with Crippen LogP contribution in [0.25, 0.3) is 5.69 Å². The summed E-state index contributed by atoms with van der Waals surface area (Å²) in [7, 11) is 1.01. The van der Waals surface area contributed by atoms with Gasteiger partial charge >= 0.3 is 0 Å². The van der Waals surface area contributed by atoms with Crippen molar-refractivity contribution in [3.8, 4) is 5.69 Å². The molecule has 0 bridgehead atoms. The number of rotatable bonds is 6. The number of sulfonamides is 1. The summed E-state index contributed by atoms with van der Waals surface area (Å²) in [6.45, 7) is 3.92. The second kappa shape index (κ2) is 8.41. The summed E-state index contributed by atoms with van der Waals surface area (Å²) >= 11 is 0. The molecule has 0 aliphatic carbocycles. The number of hydrogen-bond acceptors (Lipinski definition) is 4. The third kappa shape index (κ3) is 4.29. The van der Waals surface area contributed by atoms with E-state index in [0.29, 0.717) is 17.7 Å². The van der Waals surface area contributed by atoms with Crippen LogP contribution in [0.4, 0.5) is 0 Å². The van der Waals surface area contributed by atoms with E-state index in [1.807, 2.05) is 43.5 Å². The van der Waals surface area contributed by atoms with Gasteiger partial charge in [-0.1, -0.05) is 18.2 Å². The number of para-hydroxylation sites is 1. The Bertz CT molecular complexity index is 1170. The summed E-state index contributed by atoms with van der Waals surface area (Å²) in [5.74, 6) is -0.249. The summed E-state index contributed by atoms with van der Waals surface area (Å²) in [6, 6.07) is 12.9. The van der Waals surface area contributed by atoms with Crippen LogP contribution in [0.15, 0.2) is 59.8 Å².